The van der Waals surface area contributed by atoms with E-state index in [0.29, 0.717) is 17.6 Å². The van der Waals surface area contributed by atoms with Crippen LogP contribution < -0.4 is 10.6 Å². The number of nitrogens with one attached hydrogen (secondary N) is 2. The van der Waals surface area contributed by atoms with E-state index in [-0.39, 0.29) is 38.8 Å². The van der Waals surface area contributed by atoms with Crippen molar-refractivity contribution < 1.29 is 22.8 Å². The van der Waals surface area contributed by atoms with Crippen LogP contribution in [0, 0.1) is 12.8 Å². The highest BCUT2D eigenvalue weighted by Crippen LogP contribution is 2.32. The van der Waals surface area contributed by atoms with E-state index in [4.69, 9.17) is 0 Å². The van der Waals surface area contributed by atoms with Crippen molar-refractivity contribution in [3.05, 3.63) is 39.5 Å². The van der Waals surface area contributed by atoms with E-state index in [1.807, 2.05) is 13.8 Å². The molecule has 0 bridgehead atoms. The number of carbonyl (C=O) groups is 2. The van der Waals surface area contributed by atoms with Crippen LogP contribution in [0.25, 0.3) is 5.65 Å². The van der Waals surface area contributed by atoms with Gasteiger partial charge in [0.05, 0.1) is 10.2 Å². The Kier molecular flexibility index (Phi) is 6.58. The maximum Gasteiger partial charge on any atom is 0.433 e. The minimum Gasteiger partial charge on any atom is -0.350 e. The molecule has 3 aromatic heterocycles. The Morgan fingerprint density at radius 2 is 1.88 bits per heavy atom. The Labute approximate surface area is 189 Å². The molecule has 2 amide bonds. The van der Waals surface area contributed by atoms with Gasteiger partial charge in [0.1, 0.15) is 5.69 Å². The molecular weight excluding hydrogens is 495 g/mol. The average Bonchev–Trinajstić information content (AvgIpc) is 3.26. The number of amides is 2. The number of nitrogens with zero attached hydrogens (tertiary/aromatic N) is 5. The first-order chi connectivity index (χ1) is 14.9. The van der Waals surface area contributed by atoms with Gasteiger partial charge in [-0.05, 0) is 41.8 Å². The van der Waals surface area contributed by atoms with Crippen molar-refractivity contribution in [3.63, 3.8) is 0 Å². The molecule has 0 atom stereocenters. The van der Waals surface area contributed by atoms with E-state index < -0.39 is 23.7 Å². The third-order valence-electron chi connectivity index (χ3n) is 4.39. The lowest BCUT2D eigenvalue weighted by Gasteiger charge is -2.09. The SMILES string of the molecule is CCn1cc(NC(=O)c2nn3c(C(F)(F)F)cc(C)nc3c2Br)c(C(=O)NCC(C)C)n1. The number of hydrogen-bond donors (Lipinski definition) is 2. The maximum absolute atomic E-state index is 13.4. The normalized spacial score (nSPS) is 11.9. The second-order valence-corrected chi connectivity index (χ2v) is 8.28. The molecule has 0 fully saturated rings. The van der Waals surface area contributed by atoms with Crippen LogP contribution in [-0.4, -0.2) is 42.7 Å². The minimum absolute atomic E-state index is 0.00195. The highest BCUT2D eigenvalue weighted by atomic mass is 79.9. The summed E-state index contributed by atoms with van der Waals surface area (Å²) in [6.07, 6.45) is -3.23. The van der Waals surface area contributed by atoms with Crippen molar-refractivity contribution in [3.8, 4) is 0 Å². The lowest BCUT2D eigenvalue weighted by molar-refractivity contribution is -0.142. The standard InChI is InChI=1S/C19H21BrF3N7O2/c1-5-29-8-11(14(27-29)17(31)24-7-9(2)3)26-18(32)15-13(20)16-25-10(4)6-12(19(21,22)23)30(16)28-15/h6,8-9H,5,7H2,1-4H3,(H,24,31)(H,26,32). The summed E-state index contributed by atoms with van der Waals surface area (Å²) >= 11 is 3.13. The molecule has 0 saturated carbocycles. The molecule has 0 unspecified atom stereocenters. The Morgan fingerprint density at radius 1 is 1.19 bits per heavy atom. The van der Waals surface area contributed by atoms with Crippen LogP contribution in [0.15, 0.2) is 16.7 Å². The molecule has 0 spiro atoms. The summed E-state index contributed by atoms with van der Waals surface area (Å²) in [5.41, 5.74) is -1.31. The second kappa shape index (κ2) is 8.88. The third-order valence-corrected chi connectivity index (χ3v) is 5.12. The van der Waals surface area contributed by atoms with Crippen molar-refractivity contribution in [1.29, 1.82) is 0 Å². The van der Waals surface area contributed by atoms with Gasteiger partial charge in [-0.3, -0.25) is 14.3 Å². The van der Waals surface area contributed by atoms with Gasteiger partial charge in [0.25, 0.3) is 11.8 Å². The second-order valence-electron chi connectivity index (χ2n) is 7.48. The number of rotatable bonds is 6. The van der Waals surface area contributed by atoms with Crippen LogP contribution in [0.2, 0.25) is 0 Å². The quantitative estimate of drug-likeness (QED) is 0.520. The predicted molar refractivity (Wildman–Crippen MR) is 113 cm³/mol. The number of aromatic nitrogens is 5. The Hall–Kier alpha value is -2.96. The van der Waals surface area contributed by atoms with Crippen LogP contribution in [0.3, 0.4) is 0 Å². The van der Waals surface area contributed by atoms with Gasteiger partial charge in [-0.15, -0.1) is 0 Å². The lowest BCUT2D eigenvalue weighted by atomic mass is 10.2. The summed E-state index contributed by atoms with van der Waals surface area (Å²) in [6.45, 7) is 7.93. The molecule has 172 valence electrons. The number of hydrogen-bond acceptors (Lipinski definition) is 5. The molecular formula is C19H21BrF3N7O2. The highest BCUT2D eigenvalue weighted by Gasteiger charge is 2.36. The summed E-state index contributed by atoms with van der Waals surface area (Å²) < 4.78 is 42.3. The number of anilines is 1. The molecule has 0 aromatic carbocycles. The summed E-state index contributed by atoms with van der Waals surface area (Å²) in [4.78, 5) is 29.5. The Bertz CT molecular complexity index is 1180. The number of carbonyl (C=O) groups excluding carboxylic acids is 2. The molecule has 3 aromatic rings. The van der Waals surface area contributed by atoms with Gasteiger partial charge in [-0.1, -0.05) is 13.8 Å². The largest absolute Gasteiger partial charge is 0.433 e. The van der Waals surface area contributed by atoms with Crippen molar-refractivity contribution in [2.75, 3.05) is 11.9 Å². The van der Waals surface area contributed by atoms with Crippen LogP contribution in [0.1, 0.15) is 53.1 Å². The Balaban J connectivity index is 1.98. The van der Waals surface area contributed by atoms with Crippen LogP contribution in [0.5, 0.6) is 0 Å². The smallest absolute Gasteiger partial charge is 0.350 e. The van der Waals surface area contributed by atoms with E-state index in [1.165, 1.54) is 17.8 Å². The molecule has 0 aliphatic carbocycles. The summed E-state index contributed by atoms with van der Waals surface area (Å²) in [5, 5.41) is 13.2. The third kappa shape index (κ3) is 4.76. The molecule has 13 heteroatoms. The molecule has 0 radical (unpaired) electrons. The van der Waals surface area contributed by atoms with Crippen LogP contribution >= 0.6 is 15.9 Å². The first kappa shape index (κ1) is 23.7. The fourth-order valence-electron chi connectivity index (χ4n) is 2.86. The maximum atomic E-state index is 13.4. The highest BCUT2D eigenvalue weighted by molar-refractivity contribution is 9.10. The minimum atomic E-state index is -4.70. The topological polar surface area (TPSA) is 106 Å². The van der Waals surface area contributed by atoms with E-state index in [1.54, 1.807) is 6.92 Å². The molecule has 32 heavy (non-hydrogen) atoms. The fraction of sp³-hybridized carbons (Fsp3) is 0.421. The van der Waals surface area contributed by atoms with Gasteiger partial charge in [-0.25, -0.2) is 9.50 Å². The zero-order chi connectivity index (χ0) is 23.8. The number of aryl methyl sites for hydroxylation is 2. The van der Waals surface area contributed by atoms with Crippen molar-refractivity contribution >= 4 is 39.1 Å². The first-order valence-corrected chi connectivity index (χ1v) is 10.5. The fourth-order valence-corrected chi connectivity index (χ4v) is 3.38. The molecule has 3 rings (SSSR count). The van der Waals surface area contributed by atoms with Gasteiger partial charge >= 0.3 is 6.18 Å². The van der Waals surface area contributed by atoms with Gasteiger partial charge in [-0.2, -0.15) is 23.4 Å². The van der Waals surface area contributed by atoms with Crippen LogP contribution in [-0.2, 0) is 12.7 Å². The molecule has 0 aliphatic rings. The average molecular weight is 516 g/mol. The number of halogens is 4. The molecule has 2 N–H and O–H groups in total. The van der Waals surface area contributed by atoms with Gasteiger partial charge in [0.15, 0.2) is 17.0 Å². The zero-order valence-corrected chi connectivity index (χ0v) is 19.3. The van der Waals surface area contributed by atoms with Gasteiger partial charge in [0, 0.05) is 25.0 Å². The summed E-state index contributed by atoms with van der Waals surface area (Å²) in [7, 11) is 0. The summed E-state index contributed by atoms with van der Waals surface area (Å²) in [6, 6.07) is 0.844. The van der Waals surface area contributed by atoms with Gasteiger partial charge in [0.2, 0.25) is 0 Å². The monoisotopic (exact) mass is 515 g/mol. The number of fused-ring (bicyclic) bond motifs is 1. The lowest BCUT2D eigenvalue weighted by Crippen LogP contribution is -2.29. The van der Waals surface area contributed by atoms with E-state index in [0.717, 1.165) is 6.07 Å². The molecule has 0 saturated heterocycles. The van der Waals surface area contributed by atoms with Gasteiger partial charge < -0.3 is 10.6 Å². The molecule has 3 heterocycles. The van der Waals surface area contributed by atoms with E-state index in [2.05, 4.69) is 41.7 Å². The zero-order valence-electron chi connectivity index (χ0n) is 17.7. The van der Waals surface area contributed by atoms with E-state index in [9.17, 15) is 22.8 Å². The van der Waals surface area contributed by atoms with Crippen molar-refractivity contribution in [2.45, 2.75) is 40.4 Å². The Morgan fingerprint density at radius 3 is 2.47 bits per heavy atom. The molecule has 9 nitrogen and oxygen atoms in total. The van der Waals surface area contributed by atoms with Crippen LogP contribution in [0.4, 0.5) is 18.9 Å². The predicted octanol–water partition coefficient (Wildman–Crippen LogP) is 3.67. The first-order valence-electron chi connectivity index (χ1n) is 9.72. The van der Waals surface area contributed by atoms with Crippen molar-refractivity contribution in [1.82, 2.24) is 29.7 Å². The number of alkyl halides is 3. The summed E-state index contributed by atoms with van der Waals surface area (Å²) in [5.74, 6) is -1.09. The molecule has 0 aliphatic heterocycles. The van der Waals surface area contributed by atoms with E-state index >= 15 is 0 Å². The van der Waals surface area contributed by atoms with Crippen molar-refractivity contribution in [2.24, 2.45) is 5.92 Å².